The van der Waals surface area contributed by atoms with Gasteiger partial charge in [0.2, 0.25) is 5.91 Å². The maximum absolute atomic E-state index is 12.1. The number of aromatic amines is 1. The van der Waals surface area contributed by atoms with Crippen LogP contribution in [0, 0.1) is 17.6 Å². The van der Waals surface area contributed by atoms with Gasteiger partial charge in [0.25, 0.3) is 0 Å². The molecule has 2 N–H and O–H groups in total. The molecule has 6 nitrogen and oxygen atoms in total. The van der Waals surface area contributed by atoms with Crippen molar-refractivity contribution in [3.8, 4) is 11.4 Å². The Balaban J connectivity index is 1.81. The van der Waals surface area contributed by atoms with Gasteiger partial charge in [-0.05, 0) is 37.5 Å². The standard InChI is InChI=1S/C19H28N4O2S/c1-14(2)13-25-11-5-9-20-17(24)8-10-23-18(21-22-19(23)26)16-7-4-6-15(3)12-16/h4,6-7,12,14H,5,8-11,13H2,1-3H3,(H,20,24)(H,22,26). The second-order valence-corrected chi connectivity index (χ2v) is 7.18. The third-order valence-electron chi connectivity index (χ3n) is 3.84. The highest BCUT2D eigenvalue weighted by Gasteiger charge is 2.10. The summed E-state index contributed by atoms with van der Waals surface area (Å²) in [4.78, 5) is 12.1. The number of H-pyrrole nitrogens is 1. The van der Waals surface area contributed by atoms with Gasteiger partial charge in [-0.1, -0.05) is 37.6 Å². The molecule has 142 valence electrons. The van der Waals surface area contributed by atoms with E-state index in [9.17, 15) is 4.79 Å². The van der Waals surface area contributed by atoms with Crippen LogP contribution in [0.2, 0.25) is 0 Å². The van der Waals surface area contributed by atoms with Gasteiger partial charge in [0.1, 0.15) is 0 Å². The summed E-state index contributed by atoms with van der Waals surface area (Å²) in [5.41, 5.74) is 2.14. The summed E-state index contributed by atoms with van der Waals surface area (Å²) in [5, 5.41) is 10.1. The first kappa shape index (κ1) is 20.3. The van der Waals surface area contributed by atoms with E-state index in [2.05, 4.69) is 35.4 Å². The van der Waals surface area contributed by atoms with Gasteiger partial charge in [0, 0.05) is 38.3 Å². The van der Waals surface area contributed by atoms with Crippen LogP contribution in [0.3, 0.4) is 0 Å². The quantitative estimate of drug-likeness (QED) is 0.492. The fourth-order valence-electron chi connectivity index (χ4n) is 2.55. The highest BCUT2D eigenvalue weighted by molar-refractivity contribution is 7.71. The Kier molecular flexibility index (Phi) is 8.00. The maximum Gasteiger partial charge on any atom is 0.221 e. The smallest absolute Gasteiger partial charge is 0.221 e. The molecule has 0 atom stereocenters. The van der Waals surface area contributed by atoms with Crippen LogP contribution < -0.4 is 5.32 Å². The number of hydrogen-bond acceptors (Lipinski definition) is 4. The number of amides is 1. The number of aromatic nitrogens is 3. The number of carbonyl (C=O) groups excluding carboxylic acids is 1. The van der Waals surface area contributed by atoms with E-state index in [1.54, 1.807) is 0 Å². The summed E-state index contributed by atoms with van der Waals surface area (Å²) < 4.78 is 7.90. The first-order chi connectivity index (χ1) is 12.5. The largest absolute Gasteiger partial charge is 0.381 e. The number of aryl methyl sites for hydroxylation is 1. The number of rotatable bonds is 10. The van der Waals surface area contributed by atoms with Gasteiger partial charge in [-0.15, -0.1) is 0 Å². The van der Waals surface area contributed by atoms with Crippen LogP contribution in [-0.2, 0) is 16.1 Å². The zero-order valence-electron chi connectivity index (χ0n) is 15.7. The molecular formula is C19H28N4O2S. The molecule has 1 heterocycles. The lowest BCUT2D eigenvalue weighted by Gasteiger charge is -2.09. The van der Waals surface area contributed by atoms with Gasteiger partial charge in [0.05, 0.1) is 0 Å². The van der Waals surface area contributed by atoms with E-state index in [-0.39, 0.29) is 5.91 Å². The molecule has 1 amide bonds. The van der Waals surface area contributed by atoms with Crippen molar-refractivity contribution in [1.29, 1.82) is 0 Å². The first-order valence-electron chi connectivity index (χ1n) is 9.04. The van der Waals surface area contributed by atoms with Crippen LogP contribution in [0.25, 0.3) is 11.4 Å². The van der Waals surface area contributed by atoms with E-state index in [1.807, 2.05) is 29.7 Å². The first-order valence-corrected chi connectivity index (χ1v) is 9.45. The van der Waals surface area contributed by atoms with Crippen molar-refractivity contribution in [3.63, 3.8) is 0 Å². The van der Waals surface area contributed by atoms with Crippen LogP contribution >= 0.6 is 12.2 Å². The number of ether oxygens (including phenoxy) is 1. The predicted molar refractivity (Wildman–Crippen MR) is 105 cm³/mol. The van der Waals surface area contributed by atoms with E-state index in [1.165, 1.54) is 0 Å². The normalized spacial score (nSPS) is 11.1. The lowest BCUT2D eigenvalue weighted by atomic mass is 10.1. The average molecular weight is 377 g/mol. The van der Waals surface area contributed by atoms with Crippen molar-refractivity contribution < 1.29 is 9.53 Å². The molecule has 0 spiro atoms. The monoisotopic (exact) mass is 376 g/mol. The number of carbonyl (C=O) groups is 1. The molecule has 7 heteroatoms. The van der Waals surface area contributed by atoms with Crippen molar-refractivity contribution in [1.82, 2.24) is 20.1 Å². The average Bonchev–Trinajstić information content (AvgIpc) is 2.96. The van der Waals surface area contributed by atoms with Gasteiger partial charge < -0.3 is 10.1 Å². The SMILES string of the molecule is Cc1cccc(-c2n[nH]c(=S)n2CCC(=O)NCCCOCC(C)C)c1. The molecule has 0 bridgehead atoms. The van der Waals surface area contributed by atoms with E-state index >= 15 is 0 Å². The second kappa shape index (κ2) is 10.2. The van der Waals surface area contributed by atoms with Crippen LogP contribution in [-0.4, -0.2) is 40.4 Å². The van der Waals surface area contributed by atoms with Gasteiger partial charge in [-0.25, -0.2) is 0 Å². The third kappa shape index (κ3) is 6.38. The Morgan fingerprint density at radius 1 is 1.42 bits per heavy atom. The minimum absolute atomic E-state index is 0.00662. The lowest BCUT2D eigenvalue weighted by Crippen LogP contribution is -2.26. The lowest BCUT2D eigenvalue weighted by molar-refractivity contribution is -0.121. The third-order valence-corrected chi connectivity index (χ3v) is 4.15. The number of nitrogens with one attached hydrogen (secondary N) is 2. The van der Waals surface area contributed by atoms with Crippen molar-refractivity contribution >= 4 is 18.1 Å². The minimum atomic E-state index is 0.00662. The summed E-state index contributed by atoms with van der Waals surface area (Å²) in [6.07, 6.45) is 1.18. The molecule has 0 saturated heterocycles. The van der Waals surface area contributed by atoms with Crippen molar-refractivity contribution in [2.45, 2.75) is 40.2 Å². The summed E-state index contributed by atoms with van der Waals surface area (Å²) in [5.74, 6) is 1.30. The van der Waals surface area contributed by atoms with Crippen molar-refractivity contribution in [3.05, 3.63) is 34.6 Å². The number of nitrogens with zero attached hydrogens (tertiary/aromatic N) is 2. The minimum Gasteiger partial charge on any atom is -0.381 e. The molecule has 0 fully saturated rings. The molecule has 26 heavy (non-hydrogen) atoms. The molecule has 0 saturated carbocycles. The predicted octanol–water partition coefficient (Wildman–Crippen LogP) is 3.49. The number of benzene rings is 1. The molecule has 0 aliphatic rings. The molecule has 0 aliphatic heterocycles. The second-order valence-electron chi connectivity index (χ2n) is 6.80. The Labute approximate surface area is 160 Å². The van der Waals surface area contributed by atoms with Crippen LogP contribution in [0.15, 0.2) is 24.3 Å². The summed E-state index contributed by atoms with van der Waals surface area (Å²) in [7, 11) is 0. The van der Waals surface area contributed by atoms with Gasteiger partial charge in [0.15, 0.2) is 10.6 Å². The van der Waals surface area contributed by atoms with Crippen LogP contribution in [0.5, 0.6) is 0 Å². The Hall–Kier alpha value is -1.99. The Morgan fingerprint density at radius 3 is 2.96 bits per heavy atom. The van der Waals surface area contributed by atoms with E-state index < -0.39 is 0 Å². The zero-order valence-corrected chi connectivity index (χ0v) is 16.6. The zero-order chi connectivity index (χ0) is 18.9. The molecule has 0 aliphatic carbocycles. The highest BCUT2D eigenvalue weighted by atomic mass is 32.1. The van der Waals surface area contributed by atoms with Crippen LogP contribution in [0.1, 0.15) is 32.3 Å². The molecule has 0 radical (unpaired) electrons. The fraction of sp³-hybridized carbons (Fsp3) is 0.526. The summed E-state index contributed by atoms with van der Waals surface area (Å²) >= 11 is 5.31. The van der Waals surface area contributed by atoms with E-state index in [0.29, 0.717) is 36.8 Å². The highest BCUT2D eigenvalue weighted by Crippen LogP contribution is 2.18. The molecule has 1 aromatic carbocycles. The van der Waals surface area contributed by atoms with Crippen LogP contribution in [0.4, 0.5) is 0 Å². The molecule has 0 unspecified atom stereocenters. The molecular weight excluding hydrogens is 348 g/mol. The van der Waals surface area contributed by atoms with E-state index in [0.717, 1.165) is 30.0 Å². The Morgan fingerprint density at radius 2 is 2.23 bits per heavy atom. The molecule has 2 rings (SSSR count). The van der Waals surface area contributed by atoms with Gasteiger partial charge in [-0.3, -0.25) is 14.5 Å². The molecule has 2 aromatic rings. The fourth-order valence-corrected chi connectivity index (χ4v) is 2.78. The summed E-state index contributed by atoms with van der Waals surface area (Å²) in [6, 6.07) is 8.07. The number of hydrogen-bond donors (Lipinski definition) is 2. The van der Waals surface area contributed by atoms with Gasteiger partial charge >= 0.3 is 0 Å². The maximum atomic E-state index is 12.1. The van der Waals surface area contributed by atoms with Crippen molar-refractivity contribution in [2.24, 2.45) is 5.92 Å². The summed E-state index contributed by atoms with van der Waals surface area (Å²) in [6.45, 7) is 8.82. The topological polar surface area (TPSA) is 71.9 Å². The van der Waals surface area contributed by atoms with Gasteiger partial charge in [-0.2, -0.15) is 5.10 Å². The molecule has 1 aromatic heterocycles. The van der Waals surface area contributed by atoms with Crippen molar-refractivity contribution in [2.75, 3.05) is 19.8 Å². The Bertz CT molecular complexity index is 767. The van der Waals surface area contributed by atoms with E-state index in [4.69, 9.17) is 17.0 Å².